The van der Waals surface area contributed by atoms with E-state index >= 15 is 0 Å². The number of amides is 1. The van der Waals surface area contributed by atoms with Crippen LogP contribution in [0.1, 0.15) is 70.2 Å². The van der Waals surface area contributed by atoms with E-state index in [2.05, 4.69) is 5.32 Å². The Bertz CT molecular complexity index is 1050. The van der Waals surface area contributed by atoms with Gasteiger partial charge in [-0.1, -0.05) is 37.1 Å². The van der Waals surface area contributed by atoms with E-state index in [0.29, 0.717) is 24.4 Å². The van der Waals surface area contributed by atoms with Gasteiger partial charge in [-0.15, -0.1) is 0 Å². The number of halogens is 1. The van der Waals surface area contributed by atoms with Gasteiger partial charge >= 0.3 is 5.97 Å². The second-order valence-corrected chi connectivity index (χ2v) is 8.44. The number of aryl methyl sites for hydroxylation is 1. The lowest BCUT2D eigenvalue weighted by atomic mass is 9.84. The molecule has 2 aliphatic rings. The van der Waals surface area contributed by atoms with Crippen LogP contribution in [0.3, 0.4) is 0 Å². The fourth-order valence-electron chi connectivity index (χ4n) is 4.86. The van der Waals surface area contributed by atoms with Crippen molar-refractivity contribution >= 4 is 17.6 Å². The van der Waals surface area contributed by atoms with E-state index in [1.54, 1.807) is 12.1 Å². The van der Waals surface area contributed by atoms with E-state index in [4.69, 9.17) is 4.11 Å². The highest BCUT2D eigenvalue weighted by Crippen LogP contribution is 2.38. The number of carbonyl (C=O) groups is 2. The van der Waals surface area contributed by atoms with Gasteiger partial charge in [0.15, 0.2) is 0 Å². The molecule has 31 heavy (non-hydrogen) atoms. The predicted molar refractivity (Wildman–Crippen MR) is 118 cm³/mol. The van der Waals surface area contributed by atoms with Crippen molar-refractivity contribution in [3.05, 3.63) is 65.0 Å². The van der Waals surface area contributed by atoms with Crippen molar-refractivity contribution in [3.8, 4) is 0 Å². The van der Waals surface area contributed by atoms with Crippen molar-refractivity contribution in [1.82, 2.24) is 4.90 Å². The summed E-state index contributed by atoms with van der Waals surface area (Å²) < 4.78 is 38.0. The number of hydrogen-bond acceptors (Lipinski definition) is 3. The van der Waals surface area contributed by atoms with Crippen molar-refractivity contribution < 1.29 is 23.2 Å². The van der Waals surface area contributed by atoms with Crippen LogP contribution in [-0.4, -0.2) is 34.5 Å². The van der Waals surface area contributed by atoms with E-state index in [1.165, 1.54) is 29.9 Å². The topological polar surface area (TPSA) is 69.6 Å². The third-order valence-electron chi connectivity index (χ3n) is 6.41. The van der Waals surface area contributed by atoms with E-state index in [-0.39, 0.29) is 12.1 Å². The molecule has 0 unspecified atom stereocenters. The summed E-state index contributed by atoms with van der Waals surface area (Å²) in [6.07, 6.45) is 5.42. The largest absolute Gasteiger partial charge is 0.481 e. The first-order valence-electron chi connectivity index (χ1n) is 12.4. The molecule has 0 bridgehead atoms. The first-order chi connectivity index (χ1) is 16.2. The van der Waals surface area contributed by atoms with Crippen LogP contribution < -0.4 is 5.32 Å². The van der Waals surface area contributed by atoms with Gasteiger partial charge < -0.3 is 15.3 Å². The molecule has 1 aliphatic carbocycles. The summed E-state index contributed by atoms with van der Waals surface area (Å²) in [7, 11) is 0. The lowest BCUT2D eigenvalue weighted by Crippen LogP contribution is -2.45. The number of aliphatic carboxylic acids is 1. The fourth-order valence-corrected chi connectivity index (χ4v) is 4.86. The molecule has 2 atom stereocenters. The minimum atomic E-state index is -2.68. The standard InChI is InChI=1S/C25H29FN2O3/c1-16-6-4-10-21(26)22(16)24(29)28-15-5-9-20(25(30)31)23(28)17-11-13-19(14-12-17)27-18-7-2-3-8-18/h4,6,10-14,18,20,23,27H,2-3,5,7-9,15H2,1H3,(H,30,31)/t20-,23-/m0/s1/i1D3. The van der Waals surface area contributed by atoms with Crippen LogP contribution in [0.4, 0.5) is 10.1 Å². The Balaban J connectivity index is 1.69. The van der Waals surface area contributed by atoms with Crippen LogP contribution >= 0.6 is 0 Å². The summed E-state index contributed by atoms with van der Waals surface area (Å²) in [4.78, 5) is 27.0. The molecule has 1 amide bonds. The van der Waals surface area contributed by atoms with Crippen LogP contribution in [-0.2, 0) is 4.79 Å². The van der Waals surface area contributed by atoms with Gasteiger partial charge in [0.25, 0.3) is 5.91 Å². The molecule has 5 nitrogen and oxygen atoms in total. The molecular weight excluding hydrogens is 395 g/mol. The first kappa shape index (κ1) is 17.8. The van der Waals surface area contributed by atoms with Crippen molar-refractivity contribution in [3.63, 3.8) is 0 Å². The molecule has 164 valence electrons. The van der Waals surface area contributed by atoms with Gasteiger partial charge in [0.1, 0.15) is 5.82 Å². The van der Waals surface area contributed by atoms with Crippen LogP contribution in [0.2, 0.25) is 0 Å². The maximum absolute atomic E-state index is 14.8. The monoisotopic (exact) mass is 427 g/mol. The highest BCUT2D eigenvalue weighted by Gasteiger charge is 2.40. The molecule has 1 heterocycles. The number of anilines is 1. The van der Waals surface area contributed by atoms with Gasteiger partial charge in [-0.2, -0.15) is 0 Å². The molecule has 1 aliphatic heterocycles. The number of likely N-dealkylation sites (tertiary alicyclic amines) is 1. The molecule has 4 rings (SSSR count). The van der Waals surface area contributed by atoms with Crippen molar-refractivity contribution in [1.29, 1.82) is 0 Å². The normalized spacial score (nSPS) is 23.6. The summed E-state index contributed by atoms with van der Waals surface area (Å²) >= 11 is 0. The van der Waals surface area contributed by atoms with Crippen LogP contribution in [0.5, 0.6) is 0 Å². The molecule has 2 aromatic carbocycles. The third-order valence-corrected chi connectivity index (χ3v) is 6.41. The van der Waals surface area contributed by atoms with Gasteiger partial charge in [-0.3, -0.25) is 9.59 Å². The SMILES string of the molecule is [2H]C([2H])([2H])c1cccc(F)c1C(=O)N1CCC[C@H](C(=O)O)[C@@H]1c1ccc(NC2CCCC2)cc1. The molecule has 2 N–H and O–H groups in total. The Morgan fingerprint density at radius 3 is 2.52 bits per heavy atom. The number of hydrogen-bond donors (Lipinski definition) is 2. The molecule has 1 saturated carbocycles. The van der Waals surface area contributed by atoms with Gasteiger partial charge in [-0.05, 0) is 61.9 Å². The Kier molecular flexibility index (Phi) is 5.20. The summed E-state index contributed by atoms with van der Waals surface area (Å²) in [5.41, 5.74) is 0.669. The summed E-state index contributed by atoms with van der Waals surface area (Å²) in [6.45, 7) is -2.47. The number of nitrogens with zero attached hydrogens (tertiary/aromatic N) is 1. The quantitative estimate of drug-likeness (QED) is 0.691. The Morgan fingerprint density at radius 1 is 1.10 bits per heavy atom. The summed E-state index contributed by atoms with van der Waals surface area (Å²) in [6, 6.07) is 10.5. The number of carboxylic acid groups (broad SMARTS) is 1. The molecular formula is C25H29FN2O3. The van der Waals surface area contributed by atoms with E-state index < -0.39 is 42.1 Å². The zero-order valence-corrected chi connectivity index (χ0v) is 17.3. The Hall–Kier alpha value is -2.89. The van der Waals surface area contributed by atoms with Crippen LogP contribution in [0, 0.1) is 18.6 Å². The number of nitrogens with one attached hydrogen (secondary N) is 1. The number of carboxylic acids is 1. The summed E-state index contributed by atoms with van der Waals surface area (Å²) in [5.74, 6) is -3.64. The maximum atomic E-state index is 14.8. The second kappa shape index (κ2) is 9.08. The van der Waals surface area contributed by atoms with Gasteiger partial charge in [0.2, 0.25) is 0 Å². The van der Waals surface area contributed by atoms with Crippen LogP contribution in [0.25, 0.3) is 0 Å². The molecule has 2 aromatic rings. The van der Waals surface area contributed by atoms with E-state index in [1.807, 2.05) is 12.1 Å². The first-order valence-corrected chi connectivity index (χ1v) is 10.9. The average molecular weight is 428 g/mol. The van der Waals surface area contributed by atoms with Crippen molar-refractivity contribution in [2.75, 3.05) is 11.9 Å². The maximum Gasteiger partial charge on any atom is 0.308 e. The molecule has 2 fully saturated rings. The van der Waals surface area contributed by atoms with Crippen LogP contribution in [0.15, 0.2) is 42.5 Å². The molecule has 0 spiro atoms. The molecule has 6 heteroatoms. The number of rotatable bonds is 5. The van der Waals surface area contributed by atoms with Crippen molar-refractivity contribution in [2.45, 2.75) is 57.5 Å². The summed E-state index contributed by atoms with van der Waals surface area (Å²) in [5, 5.41) is 13.4. The highest BCUT2D eigenvalue weighted by atomic mass is 19.1. The number of carbonyl (C=O) groups excluding carboxylic acids is 1. The third kappa shape index (κ3) is 4.43. The number of piperidine rings is 1. The lowest BCUT2D eigenvalue weighted by Gasteiger charge is -2.40. The minimum Gasteiger partial charge on any atom is -0.481 e. The zero-order valence-electron chi connectivity index (χ0n) is 20.3. The number of benzene rings is 2. The van der Waals surface area contributed by atoms with E-state index in [9.17, 15) is 19.1 Å². The second-order valence-electron chi connectivity index (χ2n) is 8.44. The van der Waals surface area contributed by atoms with Crippen molar-refractivity contribution in [2.24, 2.45) is 5.92 Å². The van der Waals surface area contributed by atoms with Gasteiger partial charge in [-0.25, -0.2) is 4.39 Å². The Labute approximate surface area is 186 Å². The smallest absolute Gasteiger partial charge is 0.308 e. The fraction of sp³-hybridized carbons (Fsp3) is 0.440. The van der Waals surface area contributed by atoms with E-state index in [0.717, 1.165) is 24.6 Å². The molecule has 0 radical (unpaired) electrons. The highest BCUT2D eigenvalue weighted by molar-refractivity contribution is 5.96. The molecule has 1 saturated heterocycles. The predicted octanol–water partition coefficient (Wildman–Crippen LogP) is 5.17. The average Bonchev–Trinajstić information content (AvgIpc) is 3.31. The molecule has 0 aromatic heterocycles. The minimum absolute atomic E-state index is 0.212. The lowest BCUT2D eigenvalue weighted by molar-refractivity contribution is -0.145. The zero-order chi connectivity index (χ0) is 24.5. The van der Waals surface area contributed by atoms with Gasteiger partial charge in [0.05, 0.1) is 17.5 Å². The van der Waals surface area contributed by atoms with Gasteiger partial charge in [0, 0.05) is 22.4 Å². The Morgan fingerprint density at radius 2 is 1.84 bits per heavy atom.